The molecular formula is C25H30N4O4S. The van der Waals surface area contributed by atoms with Gasteiger partial charge in [-0.1, -0.05) is 42.8 Å². The van der Waals surface area contributed by atoms with E-state index in [0.717, 1.165) is 35.7 Å². The molecule has 3 aromatic rings. The van der Waals surface area contributed by atoms with Crippen molar-refractivity contribution in [2.24, 2.45) is 0 Å². The van der Waals surface area contributed by atoms with Gasteiger partial charge in [-0.25, -0.2) is 8.42 Å². The smallest absolute Gasteiger partial charge is 0.309 e. The van der Waals surface area contributed by atoms with Gasteiger partial charge in [-0.15, -0.1) is 0 Å². The van der Waals surface area contributed by atoms with Gasteiger partial charge in [0.1, 0.15) is 0 Å². The molecule has 1 aliphatic heterocycles. The van der Waals surface area contributed by atoms with Gasteiger partial charge in [0.15, 0.2) is 0 Å². The Labute approximate surface area is 199 Å². The Kier molecular flexibility index (Phi) is 7.64. The Balaban J connectivity index is 1.25. The predicted molar refractivity (Wildman–Crippen MR) is 131 cm³/mol. The molecule has 2 heterocycles. The van der Waals surface area contributed by atoms with Crippen LogP contribution in [0, 0.1) is 0 Å². The molecule has 1 fully saturated rings. The summed E-state index contributed by atoms with van der Waals surface area (Å²) in [7, 11) is -3.59. The zero-order valence-electron chi connectivity index (χ0n) is 19.0. The monoisotopic (exact) mass is 482 g/mol. The highest BCUT2D eigenvalue weighted by atomic mass is 32.2. The van der Waals surface area contributed by atoms with E-state index in [9.17, 15) is 18.0 Å². The summed E-state index contributed by atoms with van der Waals surface area (Å²) >= 11 is 0. The molecule has 0 bridgehead atoms. The molecule has 0 radical (unpaired) electrons. The van der Waals surface area contributed by atoms with Crippen molar-refractivity contribution >= 4 is 32.7 Å². The molecule has 8 nitrogen and oxygen atoms in total. The lowest BCUT2D eigenvalue weighted by Gasteiger charge is -2.34. The Hall–Kier alpha value is -3.17. The van der Waals surface area contributed by atoms with E-state index >= 15 is 0 Å². The van der Waals surface area contributed by atoms with Gasteiger partial charge in [0.25, 0.3) is 0 Å². The lowest BCUT2D eigenvalue weighted by molar-refractivity contribution is -0.139. The van der Waals surface area contributed by atoms with Crippen molar-refractivity contribution in [1.82, 2.24) is 19.9 Å². The lowest BCUT2D eigenvalue weighted by Crippen LogP contribution is -2.46. The van der Waals surface area contributed by atoms with Crippen molar-refractivity contribution in [2.75, 3.05) is 19.6 Å². The predicted octanol–water partition coefficient (Wildman–Crippen LogP) is 2.58. The van der Waals surface area contributed by atoms with Crippen LogP contribution < -0.4 is 10.6 Å². The fraction of sp³-hybridized carbons (Fsp3) is 0.360. The summed E-state index contributed by atoms with van der Waals surface area (Å²) < 4.78 is 27.7. The maximum absolute atomic E-state index is 13.1. The summed E-state index contributed by atoms with van der Waals surface area (Å²) in [6.45, 7) is 1.05. The van der Waals surface area contributed by atoms with E-state index in [-0.39, 0.29) is 17.5 Å². The number of aromatic nitrogens is 1. The average Bonchev–Trinajstić information content (AvgIpc) is 3.28. The maximum atomic E-state index is 13.1. The molecule has 2 amide bonds. The van der Waals surface area contributed by atoms with Crippen LogP contribution in [0.25, 0.3) is 10.9 Å². The molecule has 0 spiro atoms. The topological polar surface area (TPSA) is 111 Å². The molecule has 3 N–H and O–H groups in total. The molecule has 2 aromatic carbocycles. The Morgan fingerprint density at radius 2 is 1.65 bits per heavy atom. The van der Waals surface area contributed by atoms with Crippen molar-refractivity contribution in [3.8, 4) is 0 Å². The van der Waals surface area contributed by atoms with E-state index < -0.39 is 21.8 Å². The largest absolute Gasteiger partial charge is 0.361 e. The zero-order chi connectivity index (χ0) is 24.0. The third-order valence-electron chi connectivity index (χ3n) is 6.25. The van der Waals surface area contributed by atoms with Crippen molar-refractivity contribution in [3.05, 3.63) is 66.4 Å². The Morgan fingerprint density at radius 1 is 0.941 bits per heavy atom. The molecule has 9 heteroatoms. The average molecular weight is 483 g/mol. The van der Waals surface area contributed by atoms with Crippen LogP contribution in [-0.2, 0) is 26.0 Å². The number of hydrogen-bond acceptors (Lipinski definition) is 4. The molecule has 34 heavy (non-hydrogen) atoms. The number of H-pyrrole nitrogens is 1. The van der Waals surface area contributed by atoms with Crippen molar-refractivity contribution in [1.29, 1.82) is 0 Å². The molecule has 1 aromatic heterocycles. The van der Waals surface area contributed by atoms with Gasteiger partial charge in [-0.3, -0.25) is 9.59 Å². The summed E-state index contributed by atoms with van der Waals surface area (Å²) in [5.74, 6) is -1.38. The number of nitrogens with one attached hydrogen (secondary N) is 3. The molecular weight excluding hydrogens is 452 g/mol. The first-order valence-corrected chi connectivity index (χ1v) is 13.1. The van der Waals surface area contributed by atoms with Crippen molar-refractivity contribution < 1.29 is 18.0 Å². The third-order valence-corrected chi connectivity index (χ3v) is 8.21. The standard InChI is InChI=1S/C25H30N4O4S/c30-24(26-15-13-19-18-28-23-12-5-4-11-22(19)23)25(31)27-16-14-20-8-6-7-17-29(20)34(32,33)21-9-2-1-3-10-21/h1-5,9-12,18,20,28H,6-8,13-17H2,(H,26,30)(H,27,31). The van der Waals surface area contributed by atoms with Crippen LogP contribution in [0.2, 0.25) is 0 Å². The number of carbonyl (C=O) groups is 2. The third kappa shape index (κ3) is 5.48. The number of para-hydroxylation sites is 1. The second kappa shape index (κ2) is 10.8. The fourth-order valence-electron chi connectivity index (χ4n) is 4.47. The van der Waals surface area contributed by atoms with Crippen LogP contribution in [0.5, 0.6) is 0 Å². The van der Waals surface area contributed by atoms with Crippen LogP contribution in [0.3, 0.4) is 0 Å². The minimum absolute atomic E-state index is 0.204. The van der Waals surface area contributed by atoms with Crippen LogP contribution in [0.15, 0.2) is 65.7 Å². The highest BCUT2D eigenvalue weighted by Crippen LogP contribution is 2.26. The summed E-state index contributed by atoms with van der Waals surface area (Å²) in [5.41, 5.74) is 2.11. The normalized spacial score (nSPS) is 16.9. The molecule has 1 unspecified atom stereocenters. The first-order chi connectivity index (χ1) is 16.5. The van der Waals surface area contributed by atoms with Crippen LogP contribution >= 0.6 is 0 Å². The number of benzene rings is 2. The fourth-order valence-corrected chi connectivity index (χ4v) is 6.21. The molecule has 1 aliphatic rings. The van der Waals surface area contributed by atoms with Gasteiger partial charge in [0, 0.05) is 42.8 Å². The Bertz CT molecular complexity index is 1240. The van der Waals surface area contributed by atoms with Gasteiger partial charge in [-0.2, -0.15) is 4.31 Å². The molecule has 0 saturated carbocycles. The molecule has 180 valence electrons. The Morgan fingerprint density at radius 3 is 2.44 bits per heavy atom. The molecule has 4 rings (SSSR count). The SMILES string of the molecule is O=C(NCCc1c[nH]c2ccccc12)C(=O)NCCC1CCCCN1S(=O)(=O)c1ccccc1. The van der Waals surface area contributed by atoms with Gasteiger partial charge in [-0.05, 0) is 49.4 Å². The van der Waals surface area contributed by atoms with E-state index in [1.807, 2.05) is 30.5 Å². The summed E-state index contributed by atoms with van der Waals surface area (Å²) in [5, 5.41) is 6.39. The molecule has 0 aliphatic carbocycles. The number of piperidine rings is 1. The van der Waals surface area contributed by atoms with Crippen LogP contribution in [0.4, 0.5) is 0 Å². The van der Waals surface area contributed by atoms with E-state index in [1.54, 1.807) is 34.6 Å². The molecule has 1 saturated heterocycles. The van der Waals surface area contributed by atoms with Gasteiger partial charge in [0.2, 0.25) is 10.0 Å². The first kappa shape index (κ1) is 24.0. The van der Waals surface area contributed by atoms with E-state index in [4.69, 9.17) is 0 Å². The number of rotatable bonds is 8. The number of amides is 2. The minimum Gasteiger partial charge on any atom is -0.361 e. The summed E-state index contributed by atoms with van der Waals surface area (Å²) in [6, 6.07) is 16.1. The van der Waals surface area contributed by atoms with Crippen molar-refractivity contribution in [3.63, 3.8) is 0 Å². The minimum atomic E-state index is -3.59. The van der Waals surface area contributed by atoms with Gasteiger partial charge in [0.05, 0.1) is 4.90 Å². The van der Waals surface area contributed by atoms with Gasteiger partial charge < -0.3 is 15.6 Å². The quantitative estimate of drug-likeness (QED) is 0.429. The van der Waals surface area contributed by atoms with E-state index in [0.29, 0.717) is 25.9 Å². The lowest BCUT2D eigenvalue weighted by atomic mass is 10.0. The van der Waals surface area contributed by atoms with Gasteiger partial charge >= 0.3 is 11.8 Å². The van der Waals surface area contributed by atoms with Crippen LogP contribution in [0.1, 0.15) is 31.2 Å². The number of sulfonamides is 1. The molecule has 1 atom stereocenters. The highest BCUT2D eigenvalue weighted by molar-refractivity contribution is 7.89. The number of hydrogen-bond donors (Lipinski definition) is 3. The zero-order valence-corrected chi connectivity index (χ0v) is 19.8. The number of nitrogens with zero attached hydrogens (tertiary/aromatic N) is 1. The first-order valence-electron chi connectivity index (χ1n) is 11.6. The number of fused-ring (bicyclic) bond motifs is 1. The second-order valence-electron chi connectivity index (χ2n) is 8.49. The van der Waals surface area contributed by atoms with E-state index in [1.165, 1.54) is 0 Å². The maximum Gasteiger partial charge on any atom is 0.309 e. The van der Waals surface area contributed by atoms with Crippen LogP contribution in [-0.4, -0.2) is 55.2 Å². The number of aromatic amines is 1. The second-order valence-corrected chi connectivity index (χ2v) is 10.4. The highest BCUT2D eigenvalue weighted by Gasteiger charge is 2.33. The summed E-state index contributed by atoms with van der Waals surface area (Å²) in [6.07, 6.45) is 5.47. The number of carbonyl (C=O) groups excluding carboxylic acids is 2. The van der Waals surface area contributed by atoms with Crippen molar-refractivity contribution in [2.45, 2.75) is 43.0 Å². The van der Waals surface area contributed by atoms with E-state index in [2.05, 4.69) is 15.6 Å². The summed E-state index contributed by atoms with van der Waals surface area (Å²) in [4.78, 5) is 27.9.